The van der Waals surface area contributed by atoms with E-state index in [0.29, 0.717) is 12.5 Å². The first-order valence-electron chi connectivity index (χ1n) is 5.60. The number of hydrogen-bond donors (Lipinski definition) is 2. The molecule has 0 rings (SSSR count). The SMILES string of the molecule is CCCC[C@H](CO)CCCCNC. The minimum atomic E-state index is 0.375. The average Bonchev–Trinajstić information content (AvgIpc) is 2.17. The summed E-state index contributed by atoms with van der Waals surface area (Å²) in [6.07, 6.45) is 7.38. The summed E-state index contributed by atoms with van der Waals surface area (Å²) in [5.41, 5.74) is 0. The smallest absolute Gasteiger partial charge is 0.0459 e. The van der Waals surface area contributed by atoms with Crippen LogP contribution in [0.1, 0.15) is 45.4 Å². The lowest BCUT2D eigenvalue weighted by Crippen LogP contribution is -2.10. The lowest BCUT2D eigenvalue weighted by molar-refractivity contribution is 0.205. The summed E-state index contributed by atoms with van der Waals surface area (Å²) >= 11 is 0. The van der Waals surface area contributed by atoms with Crippen LogP contribution in [0.2, 0.25) is 0 Å². The standard InChI is InChI=1S/C11H25NO/c1-3-4-7-11(10-13)8-5-6-9-12-2/h11-13H,3-10H2,1-2H3/t11-/m0/s1. The average molecular weight is 187 g/mol. The van der Waals surface area contributed by atoms with Crippen LogP contribution in [0.5, 0.6) is 0 Å². The minimum Gasteiger partial charge on any atom is -0.396 e. The molecule has 2 heteroatoms. The predicted molar refractivity (Wildman–Crippen MR) is 57.9 cm³/mol. The molecule has 0 bridgehead atoms. The zero-order valence-corrected chi connectivity index (χ0v) is 9.18. The molecule has 0 fully saturated rings. The molecule has 0 radical (unpaired) electrons. The Kier molecular flexibility index (Phi) is 9.94. The first-order valence-corrected chi connectivity index (χ1v) is 5.60. The van der Waals surface area contributed by atoms with Crippen molar-refractivity contribution in [3.63, 3.8) is 0 Å². The van der Waals surface area contributed by atoms with Crippen LogP contribution in [-0.4, -0.2) is 25.3 Å². The van der Waals surface area contributed by atoms with Gasteiger partial charge in [-0.05, 0) is 38.8 Å². The molecule has 2 nitrogen and oxygen atoms in total. The zero-order valence-electron chi connectivity index (χ0n) is 9.18. The molecule has 2 N–H and O–H groups in total. The largest absolute Gasteiger partial charge is 0.396 e. The molecule has 0 aliphatic heterocycles. The van der Waals surface area contributed by atoms with E-state index in [2.05, 4.69) is 12.2 Å². The van der Waals surface area contributed by atoms with Crippen molar-refractivity contribution in [3.05, 3.63) is 0 Å². The van der Waals surface area contributed by atoms with Gasteiger partial charge in [0.2, 0.25) is 0 Å². The summed E-state index contributed by atoms with van der Waals surface area (Å²) in [5, 5.41) is 12.2. The molecule has 0 aromatic carbocycles. The Balaban J connectivity index is 3.25. The molecule has 0 unspecified atom stereocenters. The van der Waals surface area contributed by atoms with Crippen molar-refractivity contribution in [1.29, 1.82) is 0 Å². The number of aliphatic hydroxyl groups excluding tert-OH is 1. The van der Waals surface area contributed by atoms with Crippen molar-refractivity contribution in [3.8, 4) is 0 Å². The summed E-state index contributed by atoms with van der Waals surface area (Å²) in [6, 6.07) is 0. The van der Waals surface area contributed by atoms with Gasteiger partial charge in [-0.2, -0.15) is 0 Å². The van der Waals surface area contributed by atoms with Gasteiger partial charge in [0, 0.05) is 6.61 Å². The third-order valence-corrected chi connectivity index (χ3v) is 2.51. The van der Waals surface area contributed by atoms with E-state index in [9.17, 15) is 0 Å². The summed E-state index contributed by atoms with van der Waals surface area (Å²) in [5.74, 6) is 0.553. The lowest BCUT2D eigenvalue weighted by atomic mass is 9.97. The highest BCUT2D eigenvalue weighted by atomic mass is 16.3. The number of aliphatic hydroxyl groups is 1. The van der Waals surface area contributed by atoms with Crippen molar-refractivity contribution in [2.45, 2.75) is 45.4 Å². The second-order valence-electron chi connectivity index (χ2n) is 3.79. The summed E-state index contributed by atoms with van der Waals surface area (Å²) in [6.45, 7) is 3.68. The van der Waals surface area contributed by atoms with Crippen LogP contribution >= 0.6 is 0 Å². The fraction of sp³-hybridized carbons (Fsp3) is 1.00. The van der Waals surface area contributed by atoms with E-state index in [1.165, 1.54) is 38.5 Å². The first kappa shape index (κ1) is 12.9. The fourth-order valence-corrected chi connectivity index (χ4v) is 1.55. The predicted octanol–water partition coefficient (Wildman–Crippen LogP) is 2.17. The molecule has 0 aliphatic carbocycles. The number of unbranched alkanes of at least 4 members (excludes halogenated alkanes) is 2. The quantitative estimate of drug-likeness (QED) is 0.542. The molecule has 0 aromatic rings. The van der Waals surface area contributed by atoms with Gasteiger partial charge >= 0.3 is 0 Å². The minimum absolute atomic E-state index is 0.375. The maximum absolute atomic E-state index is 9.09. The third-order valence-electron chi connectivity index (χ3n) is 2.51. The van der Waals surface area contributed by atoms with Gasteiger partial charge in [-0.25, -0.2) is 0 Å². The van der Waals surface area contributed by atoms with Crippen molar-refractivity contribution < 1.29 is 5.11 Å². The van der Waals surface area contributed by atoms with Crippen molar-refractivity contribution in [2.75, 3.05) is 20.2 Å². The van der Waals surface area contributed by atoms with E-state index in [4.69, 9.17) is 5.11 Å². The Hall–Kier alpha value is -0.0800. The maximum Gasteiger partial charge on any atom is 0.0459 e. The molecule has 0 saturated carbocycles. The van der Waals surface area contributed by atoms with Gasteiger partial charge in [-0.15, -0.1) is 0 Å². The number of nitrogens with one attached hydrogen (secondary N) is 1. The van der Waals surface area contributed by atoms with Gasteiger partial charge in [0.05, 0.1) is 0 Å². The second-order valence-corrected chi connectivity index (χ2v) is 3.79. The Morgan fingerprint density at radius 1 is 1.15 bits per heavy atom. The fourth-order valence-electron chi connectivity index (χ4n) is 1.55. The lowest BCUT2D eigenvalue weighted by Gasteiger charge is -2.12. The molecule has 0 saturated heterocycles. The third kappa shape index (κ3) is 8.26. The van der Waals surface area contributed by atoms with Crippen molar-refractivity contribution in [2.24, 2.45) is 5.92 Å². The van der Waals surface area contributed by atoms with Crippen molar-refractivity contribution in [1.82, 2.24) is 5.32 Å². The molecular weight excluding hydrogens is 162 g/mol. The summed E-state index contributed by atoms with van der Waals surface area (Å²) < 4.78 is 0. The van der Waals surface area contributed by atoms with Crippen LogP contribution in [0.15, 0.2) is 0 Å². The maximum atomic E-state index is 9.09. The van der Waals surface area contributed by atoms with Crippen LogP contribution in [0.4, 0.5) is 0 Å². The van der Waals surface area contributed by atoms with E-state index in [0.717, 1.165) is 6.54 Å². The summed E-state index contributed by atoms with van der Waals surface area (Å²) in [4.78, 5) is 0. The van der Waals surface area contributed by atoms with Crippen LogP contribution in [-0.2, 0) is 0 Å². The second kappa shape index (κ2) is 10.0. The zero-order chi connectivity index (χ0) is 9.94. The monoisotopic (exact) mass is 187 g/mol. The van der Waals surface area contributed by atoms with E-state index < -0.39 is 0 Å². The molecule has 0 heterocycles. The number of hydrogen-bond acceptors (Lipinski definition) is 2. The Morgan fingerprint density at radius 2 is 1.85 bits per heavy atom. The van der Waals surface area contributed by atoms with Crippen LogP contribution in [0.3, 0.4) is 0 Å². The number of rotatable bonds is 9. The van der Waals surface area contributed by atoms with E-state index >= 15 is 0 Å². The van der Waals surface area contributed by atoms with Crippen LogP contribution in [0, 0.1) is 5.92 Å². The topological polar surface area (TPSA) is 32.3 Å². The van der Waals surface area contributed by atoms with Gasteiger partial charge in [0.15, 0.2) is 0 Å². The van der Waals surface area contributed by atoms with E-state index in [1.807, 2.05) is 7.05 Å². The van der Waals surface area contributed by atoms with Crippen LogP contribution < -0.4 is 5.32 Å². The molecule has 0 aromatic heterocycles. The molecule has 0 amide bonds. The highest BCUT2D eigenvalue weighted by Gasteiger charge is 2.05. The molecule has 13 heavy (non-hydrogen) atoms. The van der Waals surface area contributed by atoms with Gasteiger partial charge in [0.1, 0.15) is 0 Å². The Labute approximate surface area is 82.7 Å². The van der Waals surface area contributed by atoms with Gasteiger partial charge < -0.3 is 10.4 Å². The highest BCUT2D eigenvalue weighted by Crippen LogP contribution is 2.14. The van der Waals surface area contributed by atoms with Crippen molar-refractivity contribution >= 4 is 0 Å². The molecule has 0 spiro atoms. The van der Waals surface area contributed by atoms with E-state index in [-0.39, 0.29) is 0 Å². The Bertz CT molecular complexity index is 96.1. The van der Waals surface area contributed by atoms with Gasteiger partial charge in [-0.3, -0.25) is 0 Å². The molecular formula is C11H25NO. The molecule has 1 atom stereocenters. The summed E-state index contributed by atoms with van der Waals surface area (Å²) in [7, 11) is 1.99. The van der Waals surface area contributed by atoms with Gasteiger partial charge in [0.25, 0.3) is 0 Å². The normalized spacial score (nSPS) is 13.2. The highest BCUT2D eigenvalue weighted by molar-refractivity contribution is 4.58. The van der Waals surface area contributed by atoms with E-state index in [1.54, 1.807) is 0 Å². The Morgan fingerprint density at radius 3 is 2.38 bits per heavy atom. The molecule has 0 aliphatic rings. The first-order chi connectivity index (χ1) is 6.35. The van der Waals surface area contributed by atoms with Gasteiger partial charge in [-0.1, -0.05) is 26.2 Å². The van der Waals surface area contributed by atoms with Crippen LogP contribution in [0.25, 0.3) is 0 Å². The molecule has 80 valence electrons.